The Morgan fingerprint density at radius 1 is 1.35 bits per heavy atom. The summed E-state index contributed by atoms with van der Waals surface area (Å²) in [5, 5.41) is 0. The predicted molar refractivity (Wildman–Crippen MR) is 65.2 cm³/mol. The highest BCUT2D eigenvalue weighted by Crippen LogP contribution is 2.30. The van der Waals surface area contributed by atoms with E-state index in [0.29, 0.717) is 5.56 Å². The van der Waals surface area contributed by atoms with Crippen LogP contribution >= 0.6 is 0 Å². The molecule has 1 aromatic carbocycles. The van der Waals surface area contributed by atoms with Crippen molar-refractivity contribution in [2.45, 2.75) is 39.7 Å². The normalized spacial score (nSPS) is 14.7. The first kappa shape index (κ1) is 14.1. The summed E-state index contributed by atoms with van der Waals surface area (Å²) in [7, 11) is 0. The van der Waals surface area contributed by atoms with Crippen LogP contribution < -0.4 is 11.3 Å². The van der Waals surface area contributed by atoms with Crippen LogP contribution in [0.25, 0.3) is 0 Å². The van der Waals surface area contributed by atoms with Gasteiger partial charge in [0.25, 0.3) is 0 Å². The van der Waals surface area contributed by atoms with E-state index in [2.05, 4.69) is 5.43 Å². The minimum Gasteiger partial charge on any atom is -0.271 e. The highest BCUT2D eigenvalue weighted by atomic mass is 19.1. The predicted octanol–water partition coefficient (Wildman–Crippen LogP) is 3.21. The zero-order valence-electron chi connectivity index (χ0n) is 10.6. The molecule has 0 saturated carbocycles. The van der Waals surface area contributed by atoms with Crippen LogP contribution in [-0.2, 0) is 0 Å². The van der Waals surface area contributed by atoms with Gasteiger partial charge in [0.05, 0.1) is 6.04 Å². The molecule has 0 amide bonds. The van der Waals surface area contributed by atoms with E-state index in [9.17, 15) is 8.78 Å². The van der Waals surface area contributed by atoms with E-state index in [1.54, 1.807) is 6.92 Å². The molecular weight excluding hydrogens is 222 g/mol. The molecule has 2 unspecified atom stereocenters. The van der Waals surface area contributed by atoms with Crippen molar-refractivity contribution in [3.63, 3.8) is 0 Å². The molecule has 0 aliphatic rings. The van der Waals surface area contributed by atoms with Gasteiger partial charge in [-0.3, -0.25) is 11.3 Å². The van der Waals surface area contributed by atoms with Crippen molar-refractivity contribution in [2.75, 3.05) is 0 Å². The summed E-state index contributed by atoms with van der Waals surface area (Å²) in [6.07, 6.45) is 1.82. The van der Waals surface area contributed by atoms with E-state index >= 15 is 0 Å². The smallest absolute Gasteiger partial charge is 0.133 e. The minimum absolute atomic E-state index is 0.0495. The number of aryl methyl sites for hydroxylation is 1. The van der Waals surface area contributed by atoms with Crippen LogP contribution in [0.15, 0.2) is 12.1 Å². The Kier molecular flexibility index (Phi) is 5.02. The molecule has 1 aromatic rings. The molecule has 2 nitrogen and oxygen atoms in total. The van der Waals surface area contributed by atoms with E-state index in [1.807, 2.05) is 13.8 Å². The van der Waals surface area contributed by atoms with Gasteiger partial charge in [0, 0.05) is 5.56 Å². The minimum atomic E-state index is -0.543. The summed E-state index contributed by atoms with van der Waals surface area (Å²) in [5.41, 5.74) is 3.02. The number of hydrogen-bond acceptors (Lipinski definition) is 2. The van der Waals surface area contributed by atoms with Crippen LogP contribution in [0.4, 0.5) is 8.78 Å². The highest BCUT2D eigenvalue weighted by Gasteiger charge is 2.25. The first-order valence-electron chi connectivity index (χ1n) is 5.93. The third-order valence-electron chi connectivity index (χ3n) is 3.12. The van der Waals surface area contributed by atoms with Gasteiger partial charge in [0.2, 0.25) is 0 Å². The molecule has 1 rings (SSSR count). The van der Waals surface area contributed by atoms with Gasteiger partial charge in [0.1, 0.15) is 11.6 Å². The SMILES string of the molecule is CCCC(C)C(NN)c1c(F)ccc(C)c1F. The molecule has 0 aliphatic carbocycles. The maximum atomic E-state index is 14.0. The monoisotopic (exact) mass is 242 g/mol. The number of nitrogens with one attached hydrogen (secondary N) is 1. The van der Waals surface area contributed by atoms with Crippen molar-refractivity contribution in [3.05, 3.63) is 34.9 Å². The van der Waals surface area contributed by atoms with Crippen molar-refractivity contribution >= 4 is 0 Å². The Morgan fingerprint density at radius 3 is 2.53 bits per heavy atom. The molecule has 0 spiro atoms. The standard InChI is InChI=1S/C13H20F2N2/c1-4-5-9(3)13(17-16)11-10(14)7-6-8(2)12(11)15/h6-7,9,13,17H,4-5,16H2,1-3H3. The fourth-order valence-electron chi connectivity index (χ4n) is 2.12. The third-order valence-corrected chi connectivity index (χ3v) is 3.12. The summed E-state index contributed by atoms with van der Waals surface area (Å²) in [5.74, 6) is 4.47. The molecule has 0 fully saturated rings. The molecule has 2 atom stereocenters. The molecule has 17 heavy (non-hydrogen) atoms. The number of hydrogen-bond donors (Lipinski definition) is 2. The van der Waals surface area contributed by atoms with Gasteiger partial charge in [-0.15, -0.1) is 0 Å². The summed E-state index contributed by atoms with van der Waals surface area (Å²) in [4.78, 5) is 0. The van der Waals surface area contributed by atoms with E-state index < -0.39 is 17.7 Å². The fraction of sp³-hybridized carbons (Fsp3) is 0.538. The second kappa shape index (κ2) is 6.07. The molecule has 3 N–H and O–H groups in total. The molecule has 0 heterocycles. The van der Waals surface area contributed by atoms with E-state index in [0.717, 1.165) is 12.8 Å². The first-order valence-corrected chi connectivity index (χ1v) is 5.93. The molecule has 96 valence electrons. The molecule has 0 radical (unpaired) electrons. The Labute approximate surface area is 101 Å². The van der Waals surface area contributed by atoms with Gasteiger partial charge in [-0.2, -0.15) is 0 Å². The number of halogens is 2. The summed E-state index contributed by atoms with van der Waals surface area (Å²) >= 11 is 0. The van der Waals surface area contributed by atoms with Crippen LogP contribution in [0.5, 0.6) is 0 Å². The van der Waals surface area contributed by atoms with Crippen molar-refractivity contribution in [3.8, 4) is 0 Å². The Balaban J connectivity index is 3.15. The Bertz CT molecular complexity index is 380. The lowest BCUT2D eigenvalue weighted by molar-refractivity contribution is 0.345. The largest absolute Gasteiger partial charge is 0.271 e. The van der Waals surface area contributed by atoms with Gasteiger partial charge in [-0.05, 0) is 30.9 Å². The molecule has 0 saturated heterocycles. The van der Waals surface area contributed by atoms with E-state index in [-0.39, 0.29) is 11.5 Å². The van der Waals surface area contributed by atoms with Gasteiger partial charge >= 0.3 is 0 Å². The zero-order valence-corrected chi connectivity index (χ0v) is 10.6. The van der Waals surface area contributed by atoms with Crippen LogP contribution in [-0.4, -0.2) is 0 Å². The van der Waals surface area contributed by atoms with Crippen LogP contribution in [0.2, 0.25) is 0 Å². The summed E-state index contributed by atoms with van der Waals surface area (Å²) < 4.78 is 27.7. The number of rotatable bonds is 5. The lowest BCUT2D eigenvalue weighted by Gasteiger charge is -2.24. The maximum absolute atomic E-state index is 14.0. The van der Waals surface area contributed by atoms with Gasteiger partial charge in [0.15, 0.2) is 0 Å². The third kappa shape index (κ3) is 3.01. The highest BCUT2D eigenvalue weighted by molar-refractivity contribution is 5.29. The van der Waals surface area contributed by atoms with Crippen molar-refractivity contribution in [2.24, 2.45) is 11.8 Å². The first-order chi connectivity index (χ1) is 8.02. The second-order valence-electron chi connectivity index (χ2n) is 4.50. The average Bonchev–Trinajstić information content (AvgIpc) is 2.30. The average molecular weight is 242 g/mol. The Morgan fingerprint density at radius 2 is 2.00 bits per heavy atom. The van der Waals surface area contributed by atoms with Gasteiger partial charge < -0.3 is 0 Å². The van der Waals surface area contributed by atoms with E-state index in [4.69, 9.17) is 5.84 Å². The topological polar surface area (TPSA) is 38.0 Å². The molecular formula is C13H20F2N2. The molecule has 0 aliphatic heterocycles. The number of hydrazine groups is 1. The zero-order chi connectivity index (χ0) is 13.0. The molecule has 4 heteroatoms. The molecule has 0 aromatic heterocycles. The fourth-order valence-corrected chi connectivity index (χ4v) is 2.12. The van der Waals surface area contributed by atoms with Crippen molar-refractivity contribution < 1.29 is 8.78 Å². The summed E-state index contributed by atoms with van der Waals surface area (Å²) in [6, 6.07) is 2.23. The number of benzene rings is 1. The van der Waals surface area contributed by atoms with Crippen LogP contribution in [0.3, 0.4) is 0 Å². The second-order valence-corrected chi connectivity index (χ2v) is 4.50. The van der Waals surface area contributed by atoms with Crippen molar-refractivity contribution in [1.82, 2.24) is 5.43 Å². The number of nitrogens with two attached hydrogens (primary N) is 1. The van der Waals surface area contributed by atoms with Crippen molar-refractivity contribution in [1.29, 1.82) is 0 Å². The maximum Gasteiger partial charge on any atom is 0.133 e. The van der Waals surface area contributed by atoms with Gasteiger partial charge in [-0.25, -0.2) is 8.78 Å². The lowest BCUT2D eigenvalue weighted by atomic mass is 9.90. The summed E-state index contributed by atoms with van der Waals surface area (Å²) in [6.45, 7) is 5.60. The molecule has 0 bridgehead atoms. The lowest BCUT2D eigenvalue weighted by Crippen LogP contribution is -2.34. The Hall–Kier alpha value is -1.00. The van der Waals surface area contributed by atoms with Crippen LogP contribution in [0.1, 0.15) is 43.9 Å². The van der Waals surface area contributed by atoms with E-state index in [1.165, 1.54) is 12.1 Å². The quantitative estimate of drug-likeness (QED) is 0.614. The van der Waals surface area contributed by atoms with Crippen LogP contribution in [0, 0.1) is 24.5 Å². The van der Waals surface area contributed by atoms with Gasteiger partial charge in [-0.1, -0.05) is 26.3 Å².